The number of ether oxygens (including phenoxy) is 3. The molecule has 16 heteroatoms. The third kappa shape index (κ3) is 6.82. The lowest BCUT2D eigenvalue weighted by atomic mass is 9.96. The van der Waals surface area contributed by atoms with Crippen molar-refractivity contribution in [2.45, 2.75) is 43.5 Å². The van der Waals surface area contributed by atoms with E-state index in [2.05, 4.69) is 10.3 Å². The Morgan fingerprint density at radius 1 is 1.20 bits per heavy atom. The lowest BCUT2D eigenvalue weighted by molar-refractivity contribution is -0.0989. The van der Waals surface area contributed by atoms with Gasteiger partial charge in [0.1, 0.15) is 35.1 Å². The van der Waals surface area contributed by atoms with Crippen molar-refractivity contribution in [2.75, 3.05) is 32.8 Å². The van der Waals surface area contributed by atoms with Gasteiger partial charge in [-0.1, -0.05) is 23.7 Å². The predicted molar refractivity (Wildman–Crippen MR) is 156 cm³/mol. The van der Waals surface area contributed by atoms with Crippen LogP contribution in [-0.2, 0) is 22.9 Å². The van der Waals surface area contributed by atoms with Crippen molar-refractivity contribution in [1.82, 2.24) is 9.55 Å². The zero-order chi connectivity index (χ0) is 31.6. The van der Waals surface area contributed by atoms with Gasteiger partial charge in [0, 0.05) is 29.3 Å². The summed E-state index contributed by atoms with van der Waals surface area (Å²) in [5.41, 5.74) is -1.99. The average molecular weight is 652 g/mol. The summed E-state index contributed by atoms with van der Waals surface area (Å²) in [5, 5.41) is 25.0. The Morgan fingerprint density at radius 2 is 1.93 bits per heavy atom. The molecule has 1 unspecified atom stereocenters. The average Bonchev–Trinajstić information content (AvgIpc) is 3.23. The van der Waals surface area contributed by atoms with E-state index in [0.29, 0.717) is 28.5 Å². The van der Waals surface area contributed by atoms with Gasteiger partial charge >= 0.3 is 13.5 Å². The highest BCUT2D eigenvalue weighted by atomic mass is 35.5. The van der Waals surface area contributed by atoms with Crippen molar-refractivity contribution in [3.05, 3.63) is 81.4 Å². The summed E-state index contributed by atoms with van der Waals surface area (Å²) in [7, 11) is -1.19. The van der Waals surface area contributed by atoms with E-state index in [1.807, 2.05) is 0 Å². The Labute approximate surface area is 257 Å². The summed E-state index contributed by atoms with van der Waals surface area (Å²) in [5.74, 6) is 0.129. The molecule has 2 aromatic carbocycles. The fourth-order valence-electron chi connectivity index (χ4n) is 4.84. The monoisotopic (exact) mass is 651 g/mol. The molecular weight excluding hydrogens is 621 g/mol. The minimum atomic E-state index is -4.08. The number of amides is 1. The van der Waals surface area contributed by atoms with Crippen LogP contribution >= 0.6 is 19.4 Å². The largest absolute Gasteiger partial charge is 0.497 e. The zero-order valence-electron chi connectivity index (χ0n) is 23.9. The second-order valence-electron chi connectivity index (χ2n) is 10.3. The van der Waals surface area contributed by atoms with Crippen molar-refractivity contribution in [3.8, 4) is 11.5 Å². The summed E-state index contributed by atoms with van der Waals surface area (Å²) in [6.45, 7) is 0.859. The van der Waals surface area contributed by atoms with E-state index in [1.54, 1.807) is 30.3 Å². The normalized spacial score (nSPS) is 28.4. The van der Waals surface area contributed by atoms with Crippen LogP contribution in [0, 0.1) is 0 Å². The molecule has 3 aromatic rings. The summed E-state index contributed by atoms with van der Waals surface area (Å²) in [4.78, 5) is 29.6. The van der Waals surface area contributed by atoms with Crippen LogP contribution in [0.3, 0.4) is 0 Å². The van der Waals surface area contributed by atoms with Crippen molar-refractivity contribution < 1.29 is 47.4 Å². The summed E-state index contributed by atoms with van der Waals surface area (Å²) in [6, 6.07) is 12.8. The van der Waals surface area contributed by atoms with Crippen LogP contribution in [0.5, 0.6) is 11.5 Å². The van der Waals surface area contributed by atoms with Crippen molar-refractivity contribution in [1.29, 1.82) is 0 Å². The lowest BCUT2D eigenvalue weighted by Crippen LogP contribution is -2.46. The molecule has 0 spiro atoms. The second kappa shape index (κ2) is 13.0. The van der Waals surface area contributed by atoms with Gasteiger partial charge in [0.15, 0.2) is 6.23 Å². The van der Waals surface area contributed by atoms with E-state index in [1.165, 1.54) is 45.5 Å². The molecule has 3 heterocycles. The Morgan fingerprint density at radius 3 is 2.59 bits per heavy atom. The van der Waals surface area contributed by atoms with Gasteiger partial charge in [0.2, 0.25) is 0 Å². The van der Waals surface area contributed by atoms with E-state index in [4.69, 9.17) is 39.4 Å². The second-order valence-corrected chi connectivity index (χ2v) is 12.3. The summed E-state index contributed by atoms with van der Waals surface area (Å²) in [6.07, 6.45) is -3.15. The molecule has 2 aliphatic rings. The molecule has 2 fully saturated rings. The molecule has 236 valence electrons. The Balaban J connectivity index is 1.26. The molecule has 2 saturated heterocycles. The van der Waals surface area contributed by atoms with Gasteiger partial charge in [0.05, 0.1) is 33.5 Å². The lowest BCUT2D eigenvalue weighted by Gasteiger charge is -2.30. The smallest absolute Gasteiger partial charge is 0.475 e. The van der Waals surface area contributed by atoms with Gasteiger partial charge in [-0.3, -0.25) is 22.9 Å². The van der Waals surface area contributed by atoms with E-state index in [0.717, 1.165) is 4.57 Å². The van der Waals surface area contributed by atoms with E-state index in [9.17, 15) is 24.4 Å². The Hall–Kier alpha value is -3.33. The van der Waals surface area contributed by atoms with Crippen LogP contribution in [0.15, 0.2) is 59.5 Å². The fraction of sp³-hybridized carbons (Fsp3) is 0.393. The summed E-state index contributed by atoms with van der Waals surface area (Å²) < 4.78 is 46.7. The number of carbonyl (C=O) groups excluding carboxylic acids is 1. The quantitative estimate of drug-likeness (QED) is 0.288. The Kier molecular flexibility index (Phi) is 9.44. The van der Waals surface area contributed by atoms with Crippen molar-refractivity contribution >= 4 is 31.1 Å². The number of hydrogen-bond donors (Lipinski definition) is 3. The number of aliphatic hydroxyl groups is 2. The number of aliphatic hydroxyl groups excluding tert-OH is 1. The highest BCUT2D eigenvalue weighted by Gasteiger charge is 2.54. The molecule has 2 aliphatic heterocycles. The number of carbonyl (C=O) groups is 1. The van der Waals surface area contributed by atoms with Gasteiger partial charge in [-0.15, -0.1) is 0 Å². The SMILES string of the molecule is COc1cc(OC)cc(C(=O)Nc2ccn([C@@H]3O[C@H](COP4(=O)OCC[C@@H](c5cccc(Cl)c5)O4)[C@@H](O)[C@@]3(C)O)c(=O)n2)c1. The fourth-order valence-corrected chi connectivity index (χ4v) is 6.44. The van der Waals surface area contributed by atoms with E-state index < -0.39 is 56.2 Å². The number of benzene rings is 2. The standard InChI is InChI=1S/C28H31ClN3O11P/c1-28(36)24(33)22(15-41-44(37)40-10-8-21(43-44)16-5-4-6-18(29)11-16)42-26(28)32-9-7-23(31-27(32)35)30-25(34)17-12-19(38-2)14-20(13-17)39-3/h4-7,9,11-14,21-22,24,26,33,36H,8,10,15H2,1-3H3,(H,30,31,34,35)/t21-,22+,24+,26+,28+,44?/m0/s1. The number of halogens is 1. The molecule has 6 atom stereocenters. The van der Waals surface area contributed by atoms with E-state index in [-0.39, 0.29) is 18.0 Å². The molecule has 14 nitrogen and oxygen atoms in total. The van der Waals surface area contributed by atoms with E-state index >= 15 is 0 Å². The first-order valence-corrected chi connectivity index (χ1v) is 15.3. The Bertz CT molecular complexity index is 1610. The molecule has 0 saturated carbocycles. The van der Waals surface area contributed by atoms with Gasteiger partial charge < -0.3 is 29.7 Å². The molecule has 0 aliphatic carbocycles. The molecule has 1 aromatic heterocycles. The number of methoxy groups -OCH3 is 2. The maximum atomic E-state index is 13.2. The highest BCUT2D eigenvalue weighted by molar-refractivity contribution is 7.48. The number of phosphoric ester groups is 1. The molecule has 0 radical (unpaired) electrons. The first kappa shape index (κ1) is 32.1. The van der Waals surface area contributed by atoms with Crippen molar-refractivity contribution in [3.63, 3.8) is 0 Å². The zero-order valence-corrected chi connectivity index (χ0v) is 25.6. The van der Waals surface area contributed by atoms with Crippen LogP contribution in [0.4, 0.5) is 5.82 Å². The van der Waals surface area contributed by atoms with Gasteiger partial charge in [0.25, 0.3) is 5.91 Å². The van der Waals surface area contributed by atoms with Gasteiger partial charge in [-0.25, -0.2) is 9.36 Å². The maximum Gasteiger partial charge on any atom is 0.475 e. The first-order valence-electron chi connectivity index (χ1n) is 13.4. The van der Waals surface area contributed by atoms with Crippen LogP contribution in [0.25, 0.3) is 0 Å². The molecule has 1 amide bonds. The number of rotatable bonds is 9. The first-order chi connectivity index (χ1) is 20.9. The van der Waals surface area contributed by atoms with Crippen molar-refractivity contribution in [2.24, 2.45) is 0 Å². The molecule has 3 N–H and O–H groups in total. The summed E-state index contributed by atoms with van der Waals surface area (Å²) >= 11 is 6.07. The van der Waals surface area contributed by atoms with Crippen LogP contribution < -0.4 is 20.5 Å². The number of nitrogens with zero attached hydrogens (tertiary/aromatic N) is 2. The molecule has 5 rings (SSSR count). The predicted octanol–water partition coefficient (Wildman–Crippen LogP) is 3.48. The number of hydrogen-bond acceptors (Lipinski definition) is 12. The minimum absolute atomic E-state index is 0.0740. The number of anilines is 1. The third-order valence-electron chi connectivity index (χ3n) is 7.20. The number of aromatic nitrogens is 2. The topological polar surface area (TPSA) is 177 Å². The number of phosphoric acid groups is 1. The number of nitrogens with one attached hydrogen (secondary N) is 1. The maximum absolute atomic E-state index is 13.2. The van der Waals surface area contributed by atoms with Crippen LogP contribution in [-0.4, -0.2) is 70.9 Å². The van der Waals surface area contributed by atoms with Crippen LogP contribution in [0.1, 0.15) is 41.6 Å². The molecule has 0 bridgehead atoms. The minimum Gasteiger partial charge on any atom is -0.497 e. The van der Waals surface area contributed by atoms with Crippen LogP contribution in [0.2, 0.25) is 5.02 Å². The molecule has 44 heavy (non-hydrogen) atoms. The highest BCUT2D eigenvalue weighted by Crippen LogP contribution is 2.57. The molecular formula is C28H31ClN3O11P. The third-order valence-corrected chi connectivity index (χ3v) is 8.91. The van der Waals surface area contributed by atoms with Gasteiger partial charge in [-0.05, 0) is 42.8 Å². The van der Waals surface area contributed by atoms with Gasteiger partial charge in [-0.2, -0.15) is 4.98 Å².